The van der Waals surface area contributed by atoms with Crippen molar-refractivity contribution in [3.05, 3.63) is 29.8 Å². The molecule has 0 spiro atoms. The molecule has 1 aromatic carbocycles. The molecule has 1 aliphatic rings. The molecule has 1 saturated heterocycles. The number of aliphatic hydroxyl groups is 6. The normalized spacial score (nSPS) is 25.0. The van der Waals surface area contributed by atoms with Gasteiger partial charge in [-0.3, -0.25) is 0 Å². The first-order valence-corrected chi connectivity index (χ1v) is 17.4. The second-order valence-corrected chi connectivity index (χ2v) is 13.5. The molecule has 1 heterocycles. The van der Waals surface area contributed by atoms with Crippen molar-refractivity contribution < 1.29 is 48.5 Å². The molecule has 1 fully saturated rings. The summed E-state index contributed by atoms with van der Waals surface area (Å²) in [6.07, 6.45) is 3.54. The predicted octanol–water partition coefficient (Wildman–Crippen LogP) is 2.27. The summed E-state index contributed by atoms with van der Waals surface area (Å²) in [5.41, 5.74) is 0.860. The fourth-order valence-electron chi connectivity index (χ4n) is 5.22. The number of rotatable bonds is 22. The molecule has 0 amide bonds. The molecule has 12 heteroatoms. The van der Waals surface area contributed by atoms with Crippen molar-refractivity contribution in [1.82, 2.24) is 4.72 Å². The second-order valence-electron chi connectivity index (χ2n) is 11.8. The van der Waals surface area contributed by atoms with Crippen LogP contribution in [0.4, 0.5) is 0 Å². The molecule has 1 aromatic rings. The van der Waals surface area contributed by atoms with Gasteiger partial charge in [-0.1, -0.05) is 102 Å². The molecule has 1 aliphatic heterocycles. The molecule has 0 aromatic heterocycles. The summed E-state index contributed by atoms with van der Waals surface area (Å²) in [4.78, 5) is -0.0430. The summed E-state index contributed by atoms with van der Waals surface area (Å²) in [6.45, 7) is 2.84. The first kappa shape index (κ1) is 38.0. The summed E-state index contributed by atoms with van der Waals surface area (Å²) in [5, 5.41) is 61.6. The smallest absolute Gasteiger partial charge is 0.240 e. The number of nitrogens with one attached hydrogen (secondary N) is 1. The monoisotopic (exact) mass is 633 g/mol. The summed E-state index contributed by atoms with van der Waals surface area (Å²) in [7, 11) is -4.14. The van der Waals surface area contributed by atoms with Crippen LogP contribution in [-0.2, 0) is 19.5 Å². The van der Waals surface area contributed by atoms with Crippen LogP contribution < -0.4 is 4.72 Å². The predicted molar refractivity (Wildman–Crippen MR) is 163 cm³/mol. The topological polar surface area (TPSA) is 186 Å². The van der Waals surface area contributed by atoms with Crippen LogP contribution in [0.5, 0.6) is 0 Å². The zero-order valence-electron chi connectivity index (χ0n) is 25.8. The Labute approximate surface area is 257 Å². The summed E-state index contributed by atoms with van der Waals surface area (Å²) in [5.74, 6) is 0. The fourth-order valence-corrected chi connectivity index (χ4v) is 6.46. The number of aryl methyl sites for hydroxylation is 1. The number of ether oxygens (including phenoxy) is 2. The Hall–Kier alpha value is -1.19. The van der Waals surface area contributed by atoms with E-state index in [0.29, 0.717) is 6.42 Å². The number of sulfonamides is 1. The molecule has 0 bridgehead atoms. The van der Waals surface area contributed by atoms with Crippen LogP contribution in [-0.4, -0.2) is 101 Å². The van der Waals surface area contributed by atoms with E-state index in [1.54, 1.807) is 12.1 Å². The number of hydrogen-bond donors (Lipinski definition) is 7. The molecule has 0 saturated carbocycles. The average Bonchev–Trinajstić information content (AvgIpc) is 2.99. The lowest BCUT2D eigenvalue weighted by Crippen LogP contribution is -2.60. The Balaban J connectivity index is 1.92. The van der Waals surface area contributed by atoms with Crippen molar-refractivity contribution in [3.8, 4) is 0 Å². The van der Waals surface area contributed by atoms with Crippen molar-refractivity contribution in [2.24, 2.45) is 0 Å². The number of benzene rings is 1. The molecule has 250 valence electrons. The highest BCUT2D eigenvalue weighted by Crippen LogP contribution is 2.23. The van der Waals surface area contributed by atoms with E-state index in [2.05, 4.69) is 11.6 Å². The highest BCUT2D eigenvalue weighted by atomic mass is 32.2. The van der Waals surface area contributed by atoms with Crippen LogP contribution in [0.15, 0.2) is 29.2 Å². The minimum Gasteiger partial charge on any atom is -0.394 e. The fraction of sp³-hybridized carbons (Fsp3) is 0.806. The number of unbranched alkanes of at least 4 members (excludes halogenated alkanes) is 11. The molecule has 0 aliphatic carbocycles. The van der Waals surface area contributed by atoms with Gasteiger partial charge in [0.15, 0.2) is 6.29 Å². The van der Waals surface area contributed by atoms with Gasteiger partial charge < -0.3 is 40.1 Å². The zero-order valence-corrected chi connectivity index (χ0v) is 26.6. The summed E-state index contributed by atoms with van der Waals surface area (Å²) >= 11 is 0. The van der Waals surface area contributed by atoms with Gasteiger partial charge in [0.25, 0.3) is 0 Å². The van der Waals surface area contributed by atoms with Gasteiger partial charge in [0.2, 0.25) is 10.0 Å². The molecule has 8 atom stereocenters. The van der Waals surface area contributed by atoms with Gasteiger partial charge >= 0.3 is 0 Å². The number of hydrogen-bond acceptors (Lipinski definition) is 10. The maximum Gasteiger partial charge on any atom is 0.240 e. The minimum atomic E-state index is -4.14. The molecule has 0 unspecified atom stereocenters. The van der Waals surface area contributed by atoms with Crippen molar-refractivity contribution in [3.63, 3.8) is 0 Å². The molecular weight excluding hydrogens is 578 g/mol. The molecule has 11 nitrogen and oxygen atoms in total. The van der Waals surface area contributed by atoms with E-state index in [-0.39, 0.29) is 11.3 Å². The number of aliphatic hydroxyl groups excluding tert-OH is 6. The van der Waals surface area contributed by atoms with E-state index in [4.69, 9.17) is 9.47 Å². The summed E-state index contributed by atoms with van der Waals surface area (Å²) in [6, 6.07) is 4.76. The van der Waals surface area contributed by atoms with Gasteiger partial charge in [-0.15, -0.1) is 0 Å². The van der Waals surface area contributed by atoms with Gasteiger partial charge in [-0.05, 0) is 25.5 Å². The van der Waals surface area contributed by atoms with Crippen LogP contribution >= 0.6 is 0 Å². The lowest BCUT2D eigenvalue weighted by Gasteiger charge is -2.40. The van der Waals surface area contributed by atoms with Crippen LogP contribution in [0.3, 0.4) is 0 Å². The molecule has 0 radical (unpaired) electrons. The largest absolute Gasteiger partial charge is 0.394 e. The third kappa shape index (κ3) is 13.0. The van der Waals surface area contributed by atoms with E-state index in [1.165, 1.54) is 63.5 Å². The highest BCUT2D eigenvalue weighted by molar-refractivity contribution is 7.89. The van der Waals surface area contributed by atoms with Crippen LogP contribution in [0.25, 0.3) is 0 Å². The van der Waals surface area contributed by atoms with Crippen LogP contribution in [0, 0.1) is 6.92 Å². The molecule has 2 rings (SSSR count). The van der Waals surface area contributed by atoms with E-state index in [0.717, 1.165) is 24.8 Å². The Morgan fingerprint density at radius 3 is 1.91 bits per heavy atom. The second kappa shape index (κ2) is 20.0. The average molecular weight is 634 g/mol. The third-order valence-electron chi connectivity index (χ3n) is 8.09. The zero-order chi connectivity index (χ0) is 31.8. The van der Waals surface area contributed by atoms with E-state index in [9.17, 15) is 39.1 Å². The minimum absolute atomic E-state index is 0.0430. The molecular formula is C31H55NO10S. The van der Waals surface area contributed by atoms with Crippen molar-refractivity contribution in [2.45, 2.75) is 151 Å². The Morgan fingerprint density at radius 2 is 1.37 bits per heavy atom. The van der Waals surface area contributed by atoms with Gasteiger partial charge in [-0.25, -0.2) is 13.1 Å². The van der Waals surface area contributed by atoms with Gasteiger partial charge in [0, 0.05) is 0 Å². The lowest BCUT2D eigenvalue weighted by atomic mass is 9.99. The van der Waals surface area contributed by atoms with Gasteiger partial charge in [0.1, 0.15) is 24.4 Å². The van der Waals surface area contributed by atoms with E-state index < -0.39 is 72.2 Å². The van der Waals surface area contributed by atoms with E-state index >= 15 is 0 Å². The standard InChI is InChI=1S/C31H55NO10S/c1-3-4-5-6-7-8-9-10-11-12-13-14-15-25(34)27(35)24(32-43(39,40)23-18-16-22(2)17-19-23)21-41-31-30(38)29(37)28(36)26(20-33)42-31/h16-19,24-38H,3-15,20-21H2,1-2H3/t24-,25+,26+,27-,28-,29-,30+,31+/m0/s1. The lowest BCUT2D eigenvalue weighted by molar-refractivity contribution is -0.303. The Morgan fingerprint density at radius 1 is 0.837 bits per heavy atom. The van der Waals surface area contributed by atoms with Gasteiger partial charge in [-0.2, -0.15) is 0 Å². The van der Waals surface area contributed by atoms with Crippen molar-refractivity contribution in [1.29, 1.82) is 0 Å². The van der Waals surface area contributed by atoms with Gasteiger partial charge in [0.05, 0.1) is 36.4 Å². The SMILES string of the molecule is CCCCCCCCCCCCCC[C@@H](O)[C@@H](O)[C@H](CO[C@@H]1O[C@H](CO)[C@H](O)[C@H](O)[C@H]1O)NS(=O)(=O)c1ccc(C)cc1. The Bertz CT molecular complexity index is 977. The first-order chi connectivity index (χ1) is 20.5. The third-order valence-corrected chi connectivity index (χ3v) is 9.59. The highest BCUT2D eigenvalue weighted by Gasteiger charge is 2.44. The van der Waals surface area contributed by atoms with Crippen molar-refractivity contribution in [2.75, 3.05) is 13.2 Å². The first-order valence-electron chi connectivity index (χ1n) is 15.9. The van der Waals surface area contributed by atoms with Crippen LogP contribution in [0.2, 0.25) is 0 Å². The van der Waals surface area contributed by atoms with E-state index in [1.807, 2.05) is 6.92 Å². The molecule has 7 N–H and O–H groups in total. The maximum atomic E-state index is 13.1. The van der Waals surface area contributed by atoms with Crippen molar-refractivity contribution >= 4 is 10.0 Å². The molecule has 43 heavy (non-hydrogen) atoms. The Kier molecular flexibility index (Phi) is 17.7. The quantitative estimate of drug-likeness (QED) is 0.0934. The summed E-state index contributed by atoms with van der Waals surface area (Å²) < 4.78 is 39.5. The maximum absolute atomic E-state index is 13.1. The van der Waals surface area contributed by atoms with Crippen LogP contribution in [0.1, 0.15) is 96.0 Å².